The highest BCUT2D eigenvalue weighted by Crippen LogP contribution is 2.27. The fourth-order valence-corrected chi connectivity index (χ4v) is 6.53. The maximum atomic E-state index is 13.8. The Labute approximate surface area is 214 Å². The minimum absolute atomic E-state index is 0.0139. The molecule has 1 saturated heterocycles. The highest BCUT2D eigenvalue weighted by Gasteiger charge is 2.35. The molecule has 10 heteroatoms. The number of nitrogens with one attached hydrogen (secondary N) is 1. The lowest BCUT2D eigenvalue weighted by molar-refractivity contribution is -0.133. The Morgan fingerprint density at radius 2 is 1.75 bits per heavy atom. The molecule has 4 aromatic rings. The van der Waals surface area contributed by atoms with Gasteiger partial charge in [0.1, 0.15) is 22.0 Å². The molecule has 0 unspecified atom stereocenters. The summed E-state index contributed by atoms with van der Waals surface area (Å²) >= 11 is 0.955. The number of carbonyl (C=O) groups excluding carboxylic acids is 1. The first kappa shape index (κ1) is 24.4. The normalized spacial score (nSPS) is 17.3. The summed E-state index contributed by atoms with van der Waals surface area (Å²) in [5.74, 6) is -0.274. The lowest BCUT2D eigenvalue weighted by atomic mass is 10.0. The van der Waals surface area contributed by atoms with Crippen LogP contribution in [0, 0.1) is 6.92 Å². The van der Waals surface area contributed by atoms with Crippen LogP contribution in [0.4, 0.5) is 5.69 Å². The molecule has 0 aliphatic carbocycles. The van der Waals surface area contributed by atoms with Crippen molar-refractivity contribution in [3.05, 3.63) is 83.9 Å². The van der Waals surface area contributed by atoms with E-state index < -0.39 is 16.1 Å². The molecule has 1 amide bonds. The van der Waals surface area contributed by atoms with Crippen molar-refractivity contribution in [1.29, 1.82) is 0 Å². The minimum Gasteiger partial charge on any atom is -0.365 e. The molecule has 8 nitrogen and oxygen atoms in total. The quantitative estimate of drug-likeness (QED) is 0.415. The summed E-state index contributed by atoms with van der Waals surface area (Å²) < 4.78 is 38.0. The van der Waals surface area contributed by atoms with E-state index in [2.05, 4.69) is 56.5 Å². The van der Waals surface area contributed by atoms with Gasteiger partial charge >= 0.3 is 0 Å². The van der Waals surface area contributed by atoms with E-state index in [9.17, 15) is 13.2 Å². The van der Waals surface area contributed by atoms with Crippen molar-refractivity contribution in [3.63, 3.8) is 0 Å². The summed E-state index contributed by atoms with van der Waals surface area (Å²) in [5, 5.41) is 0. The van der Waals surface area contributed by atoms with Gasteiger partial charge in [0.25, 0.3) is 0 Å². The first-order valence-corrected chi connectivity index (χ1v) is 14.0. The van der Waals surface area contributed by atoms with Gasteiger partial charge in [-0.3, -0.25) is 4.79 Å². The molecule has 1 fully saturated rings. The van der Waals surface area contributed by atoms with Gasteiger partial charge in [-0.15, -0.1) is 0 Å². The largest absolute Gasteiger partial charge is 0.365 e. The summed E-state index contributed by atoms with van der Waals surface area (Å²) in [5.41, 5.74) is 3.71. The second-order valence-corrected chi connectivity index (χ2v) is 11.2. The van der Waals surface area contributed by atoms with Gasteiger partial charge in [0.15, 0.2) is 0 Å². The van der Waals surface area contributed by atoms with Crippen molar-refractivity contribution in [2.75, 3.05) is 24.5 Å². The number of amides is 1. The number of piperazine rings is 1. The van der Waals surface area contributed by atoms with Crippen LogP contribution in [0.15, 0.2) is 77.7 Å². The number of benzene rings is 3. The van der Waals surface area contributed by atoms with E-state index in [1.54, 1.807) is 41.3 Å². The number of rotatable bonds is 6. The monoisotopic (exact) mass is 521 g/mol. The van der Waals surface area contributed by atoms with Gasteiger partial charge in [-0.05, 0) is 43.7 Å². The zero-order valence-electron chi connectivity index (χ0n) is 20.0. The molecule has 5 rings (SSSR count). The zero-order chi connectivity index (χ0) is 25.3. The Balaban J connectivity index is 1.41. The summed E-state index contributed by atoms with van der Waals surface area (Å²) in [6, 6.07) is 21.2. The molecule has 2 heterocycles. The Morgan fingerprint density at radius 3 is 2.47 bits per heavy atom. The standard InChI is InChI=1S/C26H27N5O3S2/c1-18-11-13-21(14-12-18)31-16-15-30(17-19(31)2)26(32)24(20-7-4-3-5-8-20)29-36(33,34)23-10-6-9-22-25(23)28-35-27-22/h3-14,19,24,29H,15-17H2,1-2H3/t19-,24-/m0/s1. The third-order valence-electron chi connectivity index (χ3n) is 6.50. The summed E-state index contributed by atoms with van der Waals surface area (Å²) in [6.45, 7) is 5.78. The number of anilines is 1. The van der Waals surface area contributed by atoms with Gasteiger partial charge in [-0.2, -0.15) is 13.5 Å². The Morgan fingerprint density at radius 1 is 1.00 bits per heavy atom. The van der Waals surface area contributed by atoms with E-state index in [-0.39, 0.29) is 16.8 Å². The maximum Gasteiger partial charge on any atom is 0.245 e. The smallest absolute Gasteiger partial charge is 0.245 e. The molecular weight excluding hydrogens is 494 g/mol. The number of nitrogens with zero attached hydrogens (tertiary/aromatic N) is 4. The predicted octanol–water partition coefficient (Wildman–Crippen LogP) is 3.76. The van der Waals surface area contributed by atoms with Crippen LogP contribution < -0.4 is 9.62 Å². The van der Waals surface area contributed by atoms with Gasteiger partial charge in [0.05, 0.1) is 11.7 Å². The number of sulfonamides is 1. The van der Waals surface area contributed by atoms with Crippen LogP contribution in [-0.2, 0) is 14.8 Å². The first-order chi connectivity index (χ1) is 17.3. The number of fused-ring (bicyclic) bond motifs is 1. The summed E-state index contributed by atoms with van der Waals surface area (Å²) in [6.07, 6.45) is 0. The molecule has 1 N–H and O–H groups in total. The first-order valence-electron chi connectivity index (χ1n) is 11.7. The van der Waals surface area contributed by atoms with Crippen LogP contribution in [0.25, 0.3) is 11.0 Å². The minimum atomic E-state index is -4.06. The molecule has 1 aromatic heterocycles. The van der Waals surface area contributed by atoms with E-state index in [1.807, 2.05) is 6.07 Å². The molecule has 1 aliphatic heterocycles. The third kappa shape index (κ3) is 4.84. The molecule has 0 radical (unpaired) electrons. The number of aryl methyl sites for hydroxylation is 1. The molecule has 36 heavy (non-hydrogen) atoms. The lowest BCUT2D eigenvalue weighted by Crippen LogP contribution is -2.56. The van der Waals surface area contributed by atoms with E-state index in [1.165, 1.54) is 11.6 Å². The second kappa shape index (κ2) is 9.96. The van der Waals surface area contributed by atoms with Crippen molar-refractivity contribution >= 4 is 44.4 Å². The van der Waals surface area contributed by atoms with Crippen molar-refractivity contribution in [2.45, 2.75) is 30.8 Å². The second-order valence-electron chi connectivity index (χ2n) is 9.02. The number of carbonyl (C=O) groups is 1. The summed E-state index contributed by atoms with van der Waals surface area (Å²) in [7, 11) is -4.06. The number of aromatic nitrogens is 2. The van der Waals surface area contributed by atoms with Crippen LogP contribution >= 0.6 is 11.7 Å². The van der Waals surface area contributed by atoms with E-state index in [4.69, 9.17) is 0 Å². The van der Waals surface area contributed by atoms with Crippen molar-refractivity contribution in [1.82, 2.24) is 18.4 Å². The number of hydrogen-bond donors (Lipinski definition) is 1. The highest BCUT2D eigenvalue weighted by atomic mass is 32.2. The Kier molecular flexibility index (Phi) is 6.74. The van der Waals surface area contributed by atoms with E-state index in [0.717, 1.165) is 17.4 Å². The molecule has 0 saturated carbocycles. The van der Waals surface area contributed by atoms with Crippen molar-refractivity contribution in [3.8, 4) is 0 Å². The van der Waals surface area contributed by atoms with Crippen LogP contribution in [0.2, 0.25) is 0 Å². The van der Waals surface area contributed by atoms with Crippen molar-refractivity contribution in [2.24, 2.45) is 0 Å². The Bertz CT molecular complexity index is 1470. The maximum absolute atomic E-state index is 13.8. The third-order valence-corrected chi connectivity index (χ3v) is 8.49. The van der Waals surface area contributed by atoms with Gasteiger partial charge in [0, 0.05) is 31.4 Å². The SMILES string of the molecule is Cc1ccc(N2CCN(C(=O)[C@@H](NS(=O)(=O)c3cccc4nsnc34)c3ccccc3)C[C@@H]2C)cc1. The molecule has 1 aliphatic rings. The molecule has 0 bridgehead atoms. The number of hydrogen-bond acceptors (Lipinski definition) is 7. The van der Waals surface area contributed by atoms with Gasteiger partial charge < -0.3 is 9.80 Å². The fourth-order valence-electron chi connectivity index (χ4n) is 4.58. The molecule has 3 aromatic carbocycles. The highest BCUT2D eigenvalue weighted by molar-refractivity contribution is 7.89. The average molecular weight is 522 g/mol. The van der Waals surface area contributed by atoms with Crippen LogP contribution in [0.3, 0.4) is 0 Å². The topological polar surface area (TPSA) is 95.5 Å². The van der Waals surface area contributed by atoms with Crippen molar-refractivity contribution < 1.29 is 13.2 Å². The van der Waals surface area contributed by atoms with Gasteiger partial charge in [-0.25, -0.2) is 8.42 Å². The van der Waals surface area contributed by atoms with E-state index in [0.29, 0.717) is 36.2 Å². The van der Waals surface area contributed by atoms with Crippen LogP contribution in [0.1, 0.15) is 24.1 Å². The molecular formula is C26H27N5O3S2. The zero-order valence-corrected chi connectivity index (χ0v) is 21.7. The predicted molar refractivity (Wildman–Crippen MR) is 141 cm³/mol. The van der Waals surface area contributed by atoms with Gasteiger partial charge in [0.2, 0.25) is 15.9 Å². The van der Waals surface area contributed by atoms with E-state index >= 15 is 0 Å². The molecule has 186 valence electrons. The lowest BCUT2D eigenvalue weighted by Gasteiger charge is -2.42. The average Bonchev–Trinajstić information content (AvgIpc) is 3.37. The fraction of sp³-hybridized carbons (Fsp3) is 0.269. The van der Waals surface area contributed by atoms with Crippen LogP contribution in [0.5, 0.6) is 0 Å². The summed E-state index contributed by atoms with van der Waals surface area (Å²) in [4.78, 5) is 17.9. The van der Waals surface area contributed by atoms with Gasteiger partial charge in [-0.1, -0.05) is 54.1 Å². The van der Waals surface area contributed by atoms with Crippen LogP contribution in [-0.4, -0.2) is 53.6 Å². The Hall–Kier alpha value is -3.34. The molecule has 2 atom stereocenters. The molecule has 0 spiro atoms.